The Labute approximate surface area is 114 Å². The van der Waals surface area contributed by atoms with E-state index in [1.54, 1.807) is 0 Å². The average molecular weight is 311 g/mol. The number of non-ortho nitro benzene ring substituents is 1. The van der Waals surface area contributed by atoms with Crippen molar-refractivity contribution in [2.75, 3.05) is 0 Å². The zero-order valence-corrected chi connectivity index (χ0v) is 10.9. The van der Waals surface area contributed by atoms with Crippen LogP contribution in [-0.2, 0) is 6.54 Å². The summed E-state index contributed by atoms with van der Waals surface area (Å²) in [6, 6.07) is 9.60. The van der Waals surface area contributed by atoms with Gasteiger partial charge in [0.25, 0.3) is 5.69 Å². The zero-order valence-electron chi connectivity index (χ0n) is 9.36. The van der Waals surface area contributed by atoms with Crippen LogP contribution in [0.15, 0.2) is 48.8 Å². The lowest BCUT2D eigenvalue weighted by molar-refractivity contribution is -0.688. The second-order valence-electron chi connectivity index (χ2n) is 3.62. The molecule has 0 saturated heterocycles. The summed E-state index contributed by atoms with van der Waals surface area (Å²) in [6.45, 7) is 0.397. The third kappa shape index (κ3) is 3.27. The molecule has 5 nitrogen and oxygen atoms in total. The maximum Gasteiger partial charge on any atom is 0.270 e. The van der Waals surface area contributed by atoms with E-state index < -0.39 is 4.92 Å². The summed E-state index contributed by atoms with van der Waals surface area (Å²) in [7, 11) is 0. The standard InChI is InChI=1S/C12H10N2O3.BrH/c15-12-5-4-11(14(16)17)8-10(12)9-13-6-2-1-3-7-13;/h1-8H,9H2;1H. The van der Waals surface area contributed by atoms with Crippen molar-refractivity contribution in [1.29, 1.82) is 0 Å². The Morgan fingerprint density at radius 1 is 1.22 bits per heavy atom. The van der Waals surface area contributed by atoms with Crippen LogP contribution in [0.2, 0.25) is 0 Å². The van der Waals surface area contributed by atoms with E-state index in [9.17, 15) is 15.2 Å². The van der Waals surface area contributed by atoms with Gasteiger partial charge in [-0.1, -0.05) is 6.07 Å². The summed E-state index contributed by atoms with van der Waals surface area (Å²) in [5.41, 5.74) is 0.504. The Bertz CT molecular complexity index is 546. The van der Waals surface area contributed by atoms with Gasteiger partial charge in [-0.2, -0.15) is 0 Å². The number of nitro groups is 1. The van der Waals surface area contributed by atoms with Crippen LogP contribution < -0.4 is 21.5 Å². The molecule has 0 amide bonds. The van der Waals surface area contributed by atoms with E-state index in [4.69, 9.17) is 0 Å². The molecule has 1 aromatic carbocycles. The third-order valence-electron chi connectivity index (χ3n) is 2.40. The van der Waals surface area contributed by atoms with Crippen molar-refractivity contribution >= 4 is 5.69 Å². The number of hydrogen-bond acceptors (Lipinski definition) is 3. The topological polar surface area (TPSA) is 67.2 Å². The van der Waals surface area contributed by atoms with Gasteiger partial charge in [0.15, 0.2) is 18.9 Å². The molecule has 0 fully saturated rings. The van der Waals surface area contributed by atoms with Crippen LogP contribution in [0.1, 0.15) is 5.56 Å². The molecule has 2 aromatic rings. The smallest absolute Gasteiger partial charge is 0.270 e. The van der Waals surface area contributed by atoms with Gasteiger partial charge in [-0.15, -0.1) is 0 Å². The summed E-state index contributed by atoms with van der Waals surface area (Å²) in [6.07, 6.45) is 3.66. The van der Waals surface area contributed by atoms with Gasteiger partial charge in [-0.25, -0.2) is 4.57 Å². The maximum atomic E-state index is 10.6. The predicted molar refractivity (Wildman–Crippen MR) is 60.5 cm³/mol. The van der Waals surface area contributed by atoms with Crippen LogP contribution in [-0.4, -0.2) is 10.0 Å². The molecule has 1 aromatic heterocycles. The molecule has 0 saturated carbocycles. The summed E-state index contributed by atoms with van der Waals surface area (Å²) >= 11 is 0. The van der Waals surface area contributed by atoms with Gasteiger partial charge in [0.2, 0.25) is 0 Å². The van der Waals surface area contributed by atoms with Gasteiger partial charge < -0.3 is 22.1 Å². The third-order valence-corrected chi connectivity index (χ3v) is 2.40. The lowest BCUT2D eigenvalue weighted by atomic mass is 10.1. The van der Waals surface area contributed by atoms with Gasteiger partial charge in [-0.05, 0) is 6.07 Å². The molecule has 1 N–H and O–H groups in total. The number of halogens is 1. The number of phenols is 1. The molecule has 0 bridgehead atoms. The van der Waals surface area contributed by atoms with Crippen molar-refractivity contribution in [3.05, 3.63) is 64.5 Å². The first-order chi connectivity index (χ1) is 8.16. The molecular weight excluding hydrogens is 300 g/mol. The molecule has 0 atom stereocenters. The van der Waals surface area contributed by atoms with E-state index in [1.807, 2.05) is 35.2 Å². The van der Waals surface area contributed by atoms with Crippen LogP contribution in [0.25, 0.3) is 0 Å². The van der Waals surface area contributed by atoms with Crippen molar-refractivity contribution < 1.29 is 31.6 Å². The molecule has 0 aliphatic carbocycles. The van der Waals surface area contributed by atoms with Crippen molar-refractivity contribution in [2.24, 2.45) is 0 Å². The van der Waals surface area contributed by atoms with Crippen LogP contribution >= 0.6 is 0 Å². The molecule has 2 rings (SSSR count). The van der Waals surface area contributed by atoms with Crippen molar-refractivity contribution in [3.63, 3.8) is 0 Å². The molecule has 94 valence electrons. The first-order valence-electron chi connectivity index (χ1n) is 5.07. The molecule has 0 aliphatic rings. The van der Waals surface area contributed by atoms with E-state index >= 15 is 0 Å². The fraction of sp³-hybridized carbons (Fsp3) is 0.0833. The number of aromatic hydroxyl groups is 1. The summed E-state index contributed by atoms with van der Waals surface area (Å²) in [5, 5.41) is 20.3. The number of benzene rings is 1. The van der Waals surface area contributed by atoms with Crippen LogP contribution in [0.5, 0.6) is 5.75 Å². The molecule has 18 heavy (non-hydrogen) atoms. The molecule has 1 heterocycles. The van der Waals surface area contributed by atoms with Crippen molar-refractivity contribution in [3.8, 4) is 5.75 Å². The van der Waals surface area contributed by atoms with E-state index in [0.29, 0.717) is 12.1 Å². The normalized spacial score (nSPS) is 9.56. The minimum Gasteiger partial charge on any atom is -1.00 e. The quantitative estimate of drug-likeness (QED) is 0.433. The second kappa shape index (κ2) is 6.11. The Balaban J connectivity index is 0.00000162. The second-order valence-corrected chi connectivity index (χ2v) is 3.62. The lowest BCUT2D eigenvalue weighted by Crippen LogP contribution is -3.00. The SMILES string of the molecule is O=[N+]([O-])c1ccc(O)c(C[n+]2ccccc2)c1.[Br-]. The van der Waals surface area contributed by atoms with Crippen molar-refractivity contribution in [1.82, 2.24) is 0 Å². The Morgan fingerprint density at radius 3 is 2.50 bits per heavy atom. The highest BCUT2D eigenvalue weighted by Gasteiger charge is 2.13. The van der Waals surface area contributed by atoms with Gasteiger partial charge in [0.1, 0.15) is 5.75 Å². The molecule has 0 radical (unpaired) electrons. The predicted octanol–water partition coefficient (Wildman–Crippen LogP) is -1.36. The summed E-state index contributed by atoms with van der Waals surface area (Å²) in [5.74, 6) is 0.0620. The highest BCUT2D eigenvalue weighted by Crippen LogP contribution is 2.22. The number of nitro benzene ring substituents is 1. The van der Waals surface area contributed by atoms with E-state index in [0.717, 1.165) is 0 Å². The summed E-state index contributed by atoms with van der Waals surface area (Å²) < 4.78 is 1.83. The lowest BCUT2D eigenvalue weighted by Gasteiger charge is -2.01. The fourth-order valence-corrected chi connectivity index (χ4v) is 1.55. The molecule has 0 aliphatic heterocycles. The number of nitrogens with zero attached hydrogens (tertiary/aromatic N) is 2. The van der Waals surface area contributed by atoms with Gasteiger partial charge >= 0.3 is 0 Å². The average Bonchev–Trinajstić information content (AvgIpc) is 2.33. The maximum absolute atomic E-state index is 10.6. The Hall–Kier alpha value is -1.95. The first-order valence-corrected chi connectivity index (χ1v) is 5.07. The highest BCUT2D eigenvalue weighted by molar-refractivity contribution is 5.42. The van der Waals surface area contributed by atoms with Gasteiger partial charge in [-0.3, -0.25) is 10.1 Å². The number of rotatable bonds is 3. The number of pyridine rings is 1. The Kier molecular flexibility index (Phi) is 4.79. The first kappa shape index (κ1) is 14.1. The van der Waals surface area contributed by atoms with E-state index in [1.165, 1.54) is 18.2 Å². The van der Waals surface area contributed by atoms with Crippen LogP contribution in [0, 0.1) is 10.1 Å². The van der Waals surface area contributed by atoms with Crippen molar-refractivity contribution in [2.45, 2.75) is 6.54 Å². The minimum atomic E-state index is -0.474. The fourth-order valence-electron chi connectivity index (χ4n) is 1.55. The van der Waals surface area contributed by atoms with E-state index in [-0.39, 0.29) is 28.4 Å². The molecular formula is C12H11BrN2O3. The van der Waals surface area contributed by atoms with Gasteiger partial charge in [0.05, 0.1) is 10.5 Å². The van der Waals surface area contributed by atoms with E-state index in [2.05, 4.69) is 0 Å². The van der Waals surface area contributed by atoms with Crippen LogP contribution in [0.3, 0.4) is 0 Å². The monoisotopic (exact) mass is 310 g/mol. The minimum absolute atomic E-state index is 0. The molecule has 0 unspecified atom stereocenters. The largest absolute Gasteiger partial charge is 1.00 e. The number of hydrogen-bond donors (Lipinski definition) is 1. The molecule has 0 spiro atoms. The summed E-state index contributed by atoms with van der Waals surface area (Å²) in [4.78, 5) is 10.2. The number of phenolic OH excluding ortho intramolecular Hbond substituents is 1. The van der Waals surface area contributed by atoms with Gasteiger partial charge in [0, 0.05) is 24.3 Å². The Morgan fingerprint density at radius 2 is 1.89 bits per heavy atom. The zero-order chi connectivity index (χ0) is 12.3. The number of aromatic nitrogens is 1. The highest BCUT2D eigenvalue weighted by atomic mass is 79.9. The van der Waals surface area contributed by atoms with Crippen LogP contribution in [0.4, 0.5) is 5.69 Å². The molecule has 6 heteroatoms.